The van der Waals surface area contributed by atoms with Crippen molar-refractivity contribution >= 4 is 23.4 Å². The van der Waals surface area contributed by atoms with Gasteiger partial charge in [0.15, 0.2) is 0 Å². The van der Waals surface area contributed by atoms with E-state index in [-0.39, 0.29) is 24.2 Å². The van der Waals surface area contributed by atoms with Crippen molar-refractivity contribution in [2.24, 2.45) is 5.92 Å². The Hall–Kier alpha value is -2.13. The Labute approximate surface area is 134 Å². The molecule has 22 heavy (non-hydrogen) atoms. The number of hydrogen-bond donors (Lipinski definition) is 0. The smallest absolute Gasteiger partial charge is 0.233 e. The SMILES string of the molecule is O=C1C[C@H](Cc2ccc(Cl)cc2)C(=O)N1Cc1ccccc1. The van der Waals surface area contributed by atoms with Gasteiger partial charge < -0.3 is 0 Å². The normalized spacial score (nSPS) is 18.0. The number of likely N-dealkylation sites (tertiary alicyclic amines) is 1. The van der Waals surface area contributed by atoms with E-state index in [1.165, 1.54) is 4.90 Å². The molecule has 1 fully saturated rings. The molecular formula is C18H16ClNO2. The topological polar surface area (TPSA) is 37.4 Å². The second-order valence-electron chi connectivity index (χ2n) is 5.54. The van der Waals surface area contributed by atoms with Gasteiger partial charge in [-0.25, -0.2) is 0 Å². The largest absolute Gasteiger partial charge is 0.278 e. The second-order valence-corrected chi connectivity index (χ2v) is 5.97. The lowest BCUT2D eigenvalue weighted by Crippen LogP contribution is -2.30. The van der Waals surface area contributed by atoms with Gasteiger partial charge in [-0.1, -0.05) is 54.1 Å². The molecule has 4 heteroatoms. The highest BCUT2D eigenvalue weighted by Crippen LogP contribution is 2.25. The average Bonchev–Trinajstić information content (AvgIpc) is 2.78. The van der Waals surface area contributed by atoms with Crippen molar-refractivity contribution in [3.8, 4) is 0 Å². The van der Waals surface area contributed by atoms with E-state index in [0.717, 1.165) is 11.1 Å². The second kappa shape index (κ2) is 6.32. The minimum Gasteiger partial charge on any atom is -0.278 e. The van der Waals surface area contributed by atoms with Gasteiger partial charge in [0.2, 0.25) is 11.8 Å². The third kappa shape index (κ3) is 3.20. The first-order valence-electron chi connectivity index (χ1n) is 7.26. The van der Waals surface area contributed by atoms with E-state index in [9.17, 15) is 9.59 Å². The number of benzene rings is 2. The molecule has 0 saturated carbocycles. The molecule has 3 nitrogen and oxygen atoms in total. The van der Waals surface area contributed by atoms with Crippen LogP contribution in [0.15, 0.2) is 54.6 Å². The molecule has 1 atom stereocenters. The maximum Gasteiger partial charge on any atom is 0.233 e. The van der Waals surface area contributed by atoms with Crippen LogP contribution in [0.2, 0.25) is 5.02 Å². The first-order valence-corrected chi connectivity index (χ1v) is 7.64. The summed E-state index contributed by atoms with van der Waals surface area (Å²) in [4.78, 5) is 26.0. The van der Waals surface area contributed by atoms with Gasteiger partial charge in [0, 0.05) is 11.4 Å². The summed E-state index contributed by atoms with van der Waals surface area (Å²) < 4.78 is 0. The average molecular weight is 314 g/mol. The van der Waals surface area contributed by atoms with Crippen LogP contribution in [0, 0.1) is 5.92 Å². The molecule has 2 amide bonds. The monoisotopic (exact) mass is 313 g/mol. The van der Waals surface area contributed by atoms with Crippen molar-refractivity contribution in [2.45, 2.75) is 19.4 Å². The van der Waals surface area contributed by atoms with Crippen LogP contribution in [0.25, 0.3) is 0 Å². The Kier molecular flexibility index (Phi) is 4.25. The van der Waals surface area contributed by atoms with Gasteiger partial charge in [0.1, 0.15) is 0 Å². The van der Waals surface area contributed by atoms with E-state index >= 15 is 0 Å². The summed E-state index contributed by atoms with van der Waals surface area (Å²) in [5, 5.41) is 0.670. The lowest BCUT2D eigenvalue weighted by molar-refractivity contribution is -0.140. The van der Waals surface area contributed by atoms with Crippen molar-refractivity contribution in [3.05, 3.63) is 70.7 Å². The van der Waals surface area contributed by atoms with Crippen LogP contribution in [0.4, 0.5) is 0 Å². The van der Waals surface area contributed by atoms with Gasteiger partial charge in [-0.05, 0) is 29.7 Å². The molecule has 0 radical (unpaired) electrons. The number of nitrogens with zero attached hydrogens (tertiary/aromatic N) is 1. The Morgan fingerprint density at radius 1 is 0.955 bits per heavy atom. The molecule has 0 spiro atoms. The summed E-state index contributed by atoms with van der Waals surface area (Å²) in [6.07, 6.45) is 0.862. The molecule has 0 N–H and O–H groups in total. The summed E-state index contributed by atoms with van der Waals surface area (Å²) in [7, 11) is 0. The number of amides is 2. The summed E-state index contributed by atoms with van der Waals surface area (Å²) >= 11 is 5.86. The summed E-state index contributed by atoms with van der Waals surface area (Å²) in [6, 6.07) is 17.0. The van der Waals surface area contributed by atoms with Gasteiger partial charge in [-0.15, -0.1) is 0 Å². The summed E-state index contributed by atoms with van der Waals surface area (Å²) in [6.45, 7) is 0.357. The van der Waals surface area contributed by atoms with E-state index in [0.29, 0.717) is 18.0 Å². The van der Waals surface area contributed by atoms with E-state index < -0.39 is 0 Å². The molecule has 0 aromatic heterocycles. The quantitative estimate of drug-likeness (QED) is 0.811. The predicted octanol–water partition coefficient (Wildman–Crippen LogP) is 3.46. The molecule has 1 saturated heterocycles. The van der Waals surface area contributed by atoms with Crippen LogP contribution in [0.5, 0.6) is 0 Å². The molecule has 112 valence electrons. The molecule has 1 heterocycles. The summed E-state index contributed by atoms with van der Waals surface area (Å²) in [5.41, 5.74) is 1.99. The fourth-order valence-electron chi connectivity index (χ4n) is 2.75. The van der Waals surface area contributed by atoms with Crippen LogP contribution < -0.4 is 0 Å². The van der Waals surface area contributed by atoms with Crippen molar-refractivity contribution in [1.82, 2.24) is 4.90 Å². The van der Waals surface area contributed by atoms with Crippen LogP contribution in [-0.4, -0.2) is 16.7 Å². The minimum absolute atomic E-state index is 0.0798. The molecule has 2 aromatic carbocycles. The summed E-state index contributed by atoms with van der Waals surface area (Å²) in [5.74, 6) is -0.436. The van der Waals surface area contributed by atoms with Crippen molar-refractivity contribution in [3.63, 3.8) is 0 Å². The van der Waals surface area contributed by atoms with Gasteiger partial charge in [0.05, 0.1) is 12.5 Å². The molecule has 3 rings (SSSR count). The fraction of sp³-hybridized carbons (Fsp3) is 0.222. The van der Waals surface area contributed by atoms with Crippen LogP contribution in [0.1, 0.15) is 17.5 Å². The molecule has 2 aromatic rings. The predicted molar refractivity (Wildman–Crippen MR) is 85.3 cm³/mol. The zero-order chi connectivity index (χ0) is 15.5. The lowest BCUT2D eigenvalue weighted by Gasteiger charge is -2.15. The molecule has 1 aliphatic heterocycles. The van der Waals surface area contributed by atoms with Gasteiger partial charge in [-0.3, -0.25) is 14.5 Å². The number of rotatable bonds is 4. The van der Waals surface area contributed by atoms with E-state index in [1.54, 1.807) is 12.1 Å². The number of carbonyl (C=O) groups excluding carboxylic acids is 2. The maximum atomic E-state index is 12.5. The Balaban J connectivity index is 1.70. The van der Waals surface area contributed by atoms with E-state index in [2.05, 4.69) is 0 Å². The number of imide groups is 1. The Morgan fingerprint density at radius 3 is 2.32 bits per heavy atom. The molecule has 0 aliphatic carbocycles. The number of hydrogen-bond acceptors (Lipinski definition) is 2. The highest BCUT2D eigenvalue weighted by Gasteiger charge is 2.38. The third-order valence-corrected chi connectivity index (χ3v) is 4.17. The maximum absolute atomic E-state index is 12.5. The van der Waals surface area contributed by atoms with E-state index in [1.807, 2.05) is 42.5 Å². The molecule has 1 aliphatic rings. The van der Waals surface area contributed by atoms with Crippen LogP contribution in [-0.2, 0) is 22.6 Å². The van der Waals surface area contributed by atoms with E-state index in [4.69, 9.17) is 11.6 Å². The van der Waals surface area contributed by atoms with Gasteiger partial charge in [-0.2, -0.15) is 0 Å². The molecule has 0 bridgehead atoms. The van der Waals surface area contributed by atoms with Gasteiger partial charge >= 0.3 is 0 Å². The Bertz CT molecular complexity index is 682. The zero-order valence-corrected chi connectivity index (χ0v) is 12.8. The van der Waals surface area contributed by atoms with Crippen LogP contribution in [0.3, 0.4) is 0 Å². The van der Waals surface area contributed by atoms with Crippen molar-refractivity contribution in [1.29, 1.82) is 0 Å². The minimum atomic E-state index is -0.266. The number of carbonyl (C=O) groups is 2. The standard InChI is InChI=1S/C18H16ClNO2/c19-16-8-6-13(7-9-16)10-15-11-17(21)20(18(15)22)12-14-4-2-1-3-5-14/h1-9,15H,10-12H2/t15-/m0/s1. The first-order chi connectivity index (χ1) is 10.6. The highest BCUT2D eigenvalue weighted by atomic mass is 35.5. The van der Waals surface area contributed by atoms with Crippen molar-refractivity contribution < 1.29 is 9.59 Å². The lowest BCUT2D eigenvalue weighted by atomic mass is 9.98. The third-order valence-electron chi connectivity index (χ3n) is 3.92. The molecular weight excluding hydrogens is 298 g/mol. The fourth-order valence-corrected chi connectivity index (χ4v) is 2.87. The van der Waals surface area contributed by atoms with Gasteiger partial charge in [0.25, 0.3) is 0 Å². The zero-order valence-electron chi connectivity index (χ0n) is 12.0. The Morgan fingerprint density at radius 2 is 1.64 bits per heavy atom. The molecule has 0 unspecified atom stereocenters. The highest BCUT2D eigenvalue weighted by molar-refractivity contribution is 6.30. The van der Waals surface area contributed by atoms with Crippen molar-refractivity contribution in [2.75, 3.05) is 0 Å². The first kappa shape index (κ1) is 14.8. The number of halogens is 1. The van der Waals surface area contributed by atoms with Crippen LogP contribution >= 0.6 is 11.6 Å².